The molecule has 0 spiro atoms. The molecule has 6 rings (SSSR count). The number of benzene rings is 5. The van der Waals surface area contributed by atoms with Crippen molar-refractivity contribution >= 4 is 27.7 Å². The number of nitrogens with one attached hydrogen (secondary N) is 2. The van der Waals surface area contributed by atoms with Crippen LogP contribution in [0.5, 0.6) is 5.75 Å². The van der Waals surface area contributed by atoms with Crippen molar-refractivity contribution < 1.29 is 19.4 Å². The van der Waals surface area contributed by atoms with E-state index >= 15 is 0 Å². The van der Waals surface area contributed by atoms with E-state index < -0.39 is 11.6 Å². The quantitative estimate of drug-likeness (QED) is 0.0843. The standard InChI is InChI=1S/C40H38BrN3O4/c41-36-20-11-10-19-33(36)27-40(39(46)44-42-28-35(29-13-4-1-5-14-29)30-15-6-2-7-16-30)37(31-17-8-3-9-18-31)48-38(43-40)32-21-23-34(24-22-32)47-26-12-25-45/h1-11,13-24,35,37,42,45H,12,25-28H2,(H,44,46)/t37-,40-/m0/s1. The van der Waals surface area contributed by atoms with Crippen molar-refractivity contribution in [2.75, 3.05) is 19.8 Å². The molecule has 3 N–H and O–H groups in total. The number of hydrazine groups is 1. The van der Waals surface area contributed by atoms with E-state index in [2.05, 4.69) is 51.0 Å². The van der Waals surface area contributed by atoms with Crippen LogP contribution in [0.1, 0.15) is 46.3 Å². The van der Waals surface area contributed by atoms with E-state index in [0.29, 0.717) is 31.2 Å². The lowest BCUT2D eigenvalue weighted by atomic mass is 9.82. The van der Waals surface area contributed by atoms with Crippen molar-refractivity contribution in [2.45, 2.75) is 30.4 Å². The summed E-state index contributed by atoms with van der Waals surface area (Å²) in [6, 6.07) is 45.6. The lowest BCUT2D eigenvalue weighted by Crippen LogP contribution is -2.54. The zero-order chi connectivity index (χ0) is 33.2. The summed E-state index contributed by atoms with van der Waals surface area (Å²) in [4.78, 5) is 19.8. The van der Waals surface area contributed by atoms with Gasteiger partial charge in [-0.3, -0.25) is 10.2 Å². The van der Waals surface area contributed by atoms with Crippen LogP contribution in [-0.2, 0) is 16.0 Å². The van der Waals surface area contributed by atoms with Crippen molar-refractivity contribution in [3.63, 3.8) is 0 Å². The number of rotatable bonds is 14. The fraction of sp³-hybridized carbons (Fsp3) is 0.200. The van der Waals surface area contributed by atoms with E-state index in [0.717, 1.165) is 32.3 Å². The molecule has 244 valence electrons. The summed E-state index contributed by atoms with van der Waals surface area (Å²) in [7, 11) is 0. The molecule has 5 aromatic rings. The fourth-order valence-corrected chi connectivity index (χ4v) is 6.41. The van der Waals surface area contributed by atoms with Gasteiger partial charge in [-0.25, -0.2) is 10.4 Å². The van der Waals surface area contributed by atoms with Crippen LogP contribution in [0.2, 0.25) is 0 Å². The second-order valence-corrected chi connectivity index (χ2v) is 12.5. The zero-order valence-electron chi connectivity index (χ0n) is 26.5. The number of amides is 1. The number of aliphatic imine (C=N–C) groups is 1. The van der Waals surface area contributed by atoms with Crippen LogP contribution in [0.4, 0.5) is 0 Å². The SMILES string of the molecule is O=C(NNCC(c1ccccc1)c1ccccc1)[C@@]1(Cc2ccccc2Br)N=C(c2ccc(OCCCO)cc2)O[C@H]1c1ccccc1. The summed E-state index contributed by atoms with van der Waals surface area (Å²) in [6.07, 6.45) is 0.130. The molecule has 0 saturated heterocycles. The van der Waals surface area contributed by atoms with Crippen LogP contribution in [0.15, 0.2) is 149 Å². The van der Waals surface area contributed by atoms with Crippen LogP contribution in [0, 0.1) is 0 Å². The molecule has 1 aliphatic rings. The molecule has 8 heteroatoms. The first-order valence-corrected chi connectivity index (χ1v) is 16.9. The molecule has 0 saturated carbocycles. The Bertz CT molecular complexity index is 1760. The molecule has 0 aromatic heterocycles. The van der Waals surface area contributed by atoms with Gasteiger partial charge in [0, 0.05) is 41.9 Å². The Kier molecular flexibility index (Phi) is 11.0. The number of aliphatic hydroxyl groups is 1. The topological polar surface area (TPSA) is 92.2 Å². The smallest absolute Gasteiger partial charge is 0.266 e. The van der Waals surface area contributed by atoms with Gasteiger partial charge in [-0.05, 0) is 52.6 Å². The van der Waals surface area contributed by atoms with Gasteiger partial charge in [0.1, 0.15) is 5.75 Å². The van der Waals surface area contributed by atoms with E-state index in [-0.39, 0.29) is 24.9 Å². The fourth-order valence-electron chi connectivity index (χ4n) is 5.98. The summed E-state index contributed by atoms with van der Waals surface area (Å²) >= 11 is 3.70. The zero-order valence-corrected chi connectivity index (χ0v) is 28.1. The predicted molar refractivity (Wildman–Crippen MR) is 192 cm³/mol. The lowest BCUT2D eigenvalue weighted by molar-refractivity contribution is -0.130. The van der Waals surface area contributed by atoms with Gasteiger partial charge in [0.25, 0.3) is 5.91 Å². The molecule has 0 radical (unpaired) electrons. The van der Waals surface area contributed by atoms with Crippen LogP contribution >= 0.6 is 15.9 Å². The Hall–Kier alpha value is -4.76. The van der Waals surface area contributed by atoms with Gasteiger partial charge in [-0.15, -0.1) is 0 Å². The maximum atomic E-state index is 14.7. The highest BCUT2D eigenvalue weighted by Crippen LogP contribution is 2.43. The number of aliphatic hydroxyl groups excluding tert-OH is 1. The van der Waals surface area contributed by atoms with Crippen LogP contribution in [-0.4, -0.2) is 42.2 Å². The summed E-state index contributed by atoms with van der Waals surface area (Å²) in [5, 5.41) is 9.10. The van der Waals surface area contributed by atoms with Gasteiger partial charge in [0.05, 0.1) is 6.61 Å². The van der Waals surface area contributed by atoms with E-state index in [1.807, 2.05) is 115 Å². The van der Waals surface area contributed by atoms with Crippen molar-refractivity contribution in [2.24, 2.45) is 4.99 Å². The Labute approximate surface area is 289 Å². The molecule has 1 heterocycles. The minimum Gasteiger partial charge on any atom is -0.494 e. The maximum Gasteiger partial charge on any atom is 0.266 e. The first kappa shape index (κ1) is 33.2. The molecule has 2 atom stereocenters. The van der Waals surface area contributed by atoms with Gasteiger partial charge in [0.2, 0.25) is 5.90 Å². The molecular formula is C40H38BrN3O4. The Morgan fingerprint density at radius 1 is 0.833 bits per heavy atom. The van der Waals surface area contributed by atoms with Crippen LogP contribution in [0.25, 0.3) is 0 Å². The summed E-state index contributed by atoms with van der Waals surface area (Å²) in [6.45, 7) is 0.955. The third kappa shape index (κ3) is 7.68. The highest BCUT2D eigenvalue weighted by Gasteiger charge is 2.53. The number of hydrogen-bond acceptors (Lipinski definition) is 6. The van der Waals surface area contributed by atoms with Crippen LogP contribution < -0.4 is 15.6 Å². The minimum absolute atomic E-state index is 0.00819. The highest BCUT2D eigenvalue weighted by molar-refractivity contribution is 9.10. The number of hydrogen-bond donors (Lipinski definition) is 3. The number of nitrogens with zero attached hydrogens (tertiary/aromatic N) is 1. The summed E-state index contributed by atoms with van der Waals surface area (Å²) in [5.74, 6) is 0.761. The van der Waals surface area contributed by atoms with E-state index in [9.17, 15) is 4.79 Å². The van der Waals surface area contributed by atoms with Gasteiger partial charge in [-0.1, -0.05) is 125 Å². The molecule has 1 aliphatic heterocycles. The van der Waals surface area contributed by atoms with Crippen molar-refractivity contribution in [3.05, 3.63) is 172 Å². The maximum absolute atomic E-state index is 14.7. The molecule has 7 nitrogen and oxygen atoms in total. The second kappa shape index (κ2) is 15.9. The summed E-state index contributed by atoms with van der Waals surface area (Å²) in [5.41, 5.74) is 9.77. The molecule has 0 aliphatic carbocycles. The van der Waals surface area contributed by atoms with Crippen molar-refractivity contribution in [3.8, 4) is 5.75 Å². The monoisotopic (exact) mass is 703 g/mol. The van der Waals surface area contributed by atoms with E-state index in [1.54, 1.807) is 0 Å². The largest absolute Gasteiger partial charge is 0.494 e. The third-order valence-corrected chi connectivity index (χ3v) is 9.24. The van der Waals surface area contributed by atoms with Gasteiger partial charge < -0.3 is 14.6 Å². The van der Waals surface area contributed by atoms with Crippen LogP contribution in [0.3, 0.4) is 0 Å². The van der Waals surface area contributed by atoms with Gasteiger partial charge in [-0.2, -0.15) is 0 Å². The molecule has 0 unspecified atom stereocenters. The minimum atomic E-state index is -1.35. The Morgan fingerprint density at radius 2 is 1.44 bits per heavy atom. The lowest BCUT2D eigenvalue weighted by Gasteiger charge is -2.31. The second-order valence-electron chi connectivity index (χ2n) is 11.7. The predicted octanol–water partition coefficient (Wildman–Crippen LogP) is 7.16. The van der Waals surface area contributed by atoms with Crippen molar-refractivity contribution in [1.29, 1.82) is 0 Å². The first-order valence-electron chi connectivity index (χ1n) is 16.1. The number of ether oxygens (including phenoxy) is 2. The molecule has 1 amide bonds. The van der Waals surface area contributed by atoms with Gasteiger partial charge >= 0.3 is 0 Å². The number of carbonyl (C=O) groups excluding carboxylic acids is 1. The number of halogens is 1. The highest BCUT2D eigenvalue weighted by atomic mass is 79.9. The normalized spacial score (nSPS) is 17.1. The van der Waals surface area contributed by atoms with Gasteiger partial charge in [0.15, 0.2) is 11.6 Å². The van der Waals surface area contributed by atoms with Crippen molar-refractivity contribution in [1.82, 2.24) is 10.9 Å². The third-order valence-electron chi connectivity index (χ3n) is 8.46. The molecule has 0 bridgehead atoms. The summed E-state index contributed by atoms with van der Waals surface area (Å²) < 4.78 is 13.3. The molecule has 48 heavy (non-hydrogen) atoms. The molecule has 0 fully saturated rings. The average Bonchev–Trinajstić information content (AvgIpc) is 3.53. The first-order chi connectivity index (χ1) is 23.6. The average molecular weight is 705 g/mol. The number of carbonyl (C=O) groups is 1. The molecule has 5 aromatic carbocycles. The Balaban J connectivity index is 1.34. The molecular weight excluding hydrogens is 666 g/mol. The van der Waals surface area contributed by atoms with E-state index in [1.165, 1.54) is 0 Å². The Morgan fingerprint density at radius 3 is 2.06 bits per heavy atom. The van der Waals surface area contributed by atoms with E-state index in [4.69, 9.17) is 19.6 Å².